The molecule has 1 fully saturated rings. The van der Waals surface area contributed by atoms with E-state index >= 15 is 0 Å². The number of hydrogen-bond donors (Lipinski definition) is 1. The summed E-state index contributed by atoms with van der Waals surface area (Å²) >= 11 is 3.54. The minimum atomic E-state index is 0.665. The first kappa shape index (κ1) is 12.9. The summed E-state index contributed by atoms with van der Waals surface area (Å²) in [6.07, 6.45) is 5.07. The van der Waals surface area contributed by atoms with E-state index in [0.717, 1.165) is 22.6 Å². The van der Waals surface area contributed by atoms with Crippen molar-refractivity contribution in [3.8, 4) is 5.75 Å². The van der Waals surface area contributed by atoms with Crippen LogP contribution in [0.1, 0.15) is 24.8 Å². The molecule has 1 aliphatic carbocycles. The van der Waals surface area contributed by atoms with Crippen molar-refractivity contribution in [1.29, 1.82) is 0 Å². The van der Waals surface area contributed by atoms with Gasteiger partial charge in [0.05, 0.1) is 7.11 Å². The summed E-state index contributed by atoms with van der Waals surface area (Å²) in [5, 5.41) is 3.43. The van der Waals surface area contributed by atoms with Crippen LogP contribution in [0.5, 0.6) is 5.75 Å². The second-order valence-electron chi connectivity index (χ2n) is 4.75. The van der Waals surface area contributed by atoms with Crippen molar-refractivity contribution >= 4 is 15.9 Å². The van der Waals surface area contributed by atoms with Crippen LogP contribution in [0.15, 0.2) is 22.7 Å². The summed E-state index contributed by atoms with van der Waals surface area (Å²) < 4.78 is 6.57. The normalized spacial score (nSPS) is 23.9. The van der Waals surface area contributed by atoms with Gasteiger partial charge in [-0.05, 0) is 56.0 Å². The first-order chi connectivity index (χ1) is 8.24. The second kappa shape index (κ2) is 5.87. The van der Waals surface area contributed by atoms with Gasteiger partial charge in [0.25, 0.3) is 0 Å². The fourth-order valence-electron chi connectivity index (χ4n) is 2.85. The Morgan fingerprint density at radius 1 is 1.41 bits per heavy atom. The summed E-state index contributed by atoms with van der Waals surface area (Å²) in [4.78, 5) is 0. The summed E-state index contributed by atoms with van der Waals surface area (Å²) in [5.74, 6) is 1.75. The van der Waals surface area contributed by atoms with Gasteiger partial charge in [0.15, 0.2) is 0 Å². The van der Waals surface area contributed by atoms with Crippen LogP contribution in [0, 0.1) is 5.92 Å². The highest BCUT2D eigenvalue weighted by Gasteiger charge is 2.26. The van der Waals surface area contributed by atoms with Crippen molar-refractivity contribution in [1.82, 2.24) is 5.32 Å². The molecule has 2 nitrogen and oxygen atoms in total. The van der Waals surface area contributed by atoms with Crippen molar-refractivity contribution in [2.24, 2.45) is 5.92 Å². The van der Waals surface area contributed by atoms with E-state index < -0.39 is 0 Å². The number of methoxy groups -OCH3 is 1. The quantitative estimate of drug-likeness (QED) is 0.920. The second-order valence-corrected chi connectivity index (χ2v) is 5.66. The molecule has 0 radical (unpaired) electrons. The zero-order valence-electron chi connectivity index (χ0n) is 10.5. The highest BCUT2D eigenvalue weighted by Crippen LogP contribution is 2.32. The summed E-state index contributed by atoms with van der Waals surface area (Å²) in [6, 6.07) is 6.93. The maximum absolute atomic E-state index is 5.44. The number of ether oxygens (including phenoxy) is 1. The fourth-order valence-corrected chi connectivity index (χ4v) is 3.26. The standard InChI is InChI=1S/C14H20BrNO/c1-16-13-5-3-4-10(13)8-11-9-12(15)6-7-14(11)17-2/h6-7,9-10,13,16H,3-5,8H2,1-2H3. The van der Waals surface area contributed by atoms with E-state index in [9.17, 15) is 0 Å². The Morgan fingerprint density at radius 3 is 2.94 bits per heavy atom. The highest BCUT2D eigenvalue weighted by molar-refractivity contribution is 9.10. The van der Waals surface area contributed by atoms with E-state index in [-0.39, 0.29) is 0 Å². The van der Waals surface area contributed by atoms with Gasteiger partial charge in [0, 0.05) is 10.5 Å². The molecule has 94 valence electrons. The van der Waals surface area contributed by atoms with Gasteiger partial charge in [-0.25, -0.2) is 0 Å². The number of rotatable bonds is 4. The molecule has 0 aromatic heterocycles. The van der Waals surface area contributed by atoms with Crippen molar-refractivity contribution in [2.75, 3.05) is 14.2 Å². The van der Waals surface area contributed by atoms with Gasteiger partial charge in [-0.2, -0.15) is 0 Å². The van der Waals surface area contributed by atoms with Crippen molar-refractivity contribution in [3.05, 3.63) is 28.2 Å². The molecule has 17 heavy (non-hydrogen) atoms. The molecule has 1 aliphatic rings. The fraction of sp³-hybridized carbons (Fsp3) is 0.571. The van der Waals surface area contributed by atoms with E-state index in [1.54, 1.807) is 7.11 Å². The van der Waals surface area contributed by atoms with Crippen molar-refractivity contribution in [2.45, 2.75) is 31.7 Å². The average molecular weight is 298 g/mol. The molecule has 2 rings (SSSR count). The van der Waals surface area contributed by atoms with Gasteiger partial charge in [0.2, 0.25) is 0 Å². The molecule has 0 saturated heterocycles. The van der Waals surface area contributed by atoms with E-state index in [4.69, 9.17) is 4.74 Å². The van der Waals surface area contributed by atoms with Crippen LogP contribution < -0.4 is 10.1 Å². The van der Waals surface area contributed by atoms with Crippen LogP contribution in [0.4, 0.5) is 0 Å². The number of hydrogen-bond acceptors (Lipinski definition) is 2. The Balaban J connectivity index is 2.14. The summed E-state index contributed by atoms with van der Waals surface area (Å²) in [6.45, 7) is 0. The molecule has 2 unspecified atom stereocenters. The molecule has 0 aliphatic heterocycles. The van der Waals surface area contributed by atoms with Crippen LogP contribution >= 0.6 is 15.9 Å². The number of benzene rings is 1. The topological polar surface area (TPSA) is 21.3 Å². The predicted octanol–water partition coefficient (Wildman–Crippen LogP) is 3.39. The Labute approximate surface area is 112 Å². The van der Waals surface area contributed by atoms with E-state index in [1.807, 2.05) is 12.1 Å². The zero-order chi connectivity index (χ0) is 12.3. The summed E-state index contributed by atoms with van der Waals surface area (Å²) in [5.41, 5.74) is 1.31. The molecule has 0 spiro atoms. The van der Waals surface area contributed by atoms with Gasteiger partial charge in [0.1, 0.15) is 5.75 Å². The minimum absolute atomic E-state index is 0.665. The molecule has 3 heteroatoms. The maximum atomic E-state index is 5.44. The lowest BCUT2D eigenvalue weighted by molar-refractivity contribution is 0.390. The maximum Gasteiger partial charge on any atom is 0.122 e. The molecule has 2 atom stereocenters. The van der Waals surface area contributed by atoms with Crippen molar-refractivity contribution < 1.29 is 4.74 Å². The van der Waals surface area contributed by atoms with Gasteiger partial charge < -0.3 is 10.1 Å². The van der Waals surface area contributed by atoms with E-state index in [0.29, 0.717) is 6.04 Å². The van der Waals surface area contributed by atoms with Crippen LogP contribution in [-0.2, 0) is 6.42 Å². The molecule has 0 amide bonds. The van der Waals surface area contributed by atoms with Crippen LogP contribution in [0.3, 0.4) is 0 Å². The lowest BCUT2D eigenvalue weighted by Gasteiger charge is -2.20. The molecular formula is C14H20BrNO. The Kier molecular flexibility index (Phi) is 4.46. The Bertz CT molecular complexity index is 380. The van der Waals surface area contributed by atoms with Gasteiger partial charge >= 0.3 is 0 Å². The van der Waals surface area contributed by atoms with Crippen molar-refractivity contribution in [3.63, 3.8) is 0 Å². The average Bonchev–Trinajstić information content (AvgIpc) is 2.77. The third-order valence-electron chi connectivity index (χ3n) is 3.75. The van der Waals surface area contributed by atoms with Crippen LogP contribution in [0.25, 0.3) is 0 Å². The SMILES string of the molecule is CNC1CCCC1Cc1cc(Br)ccc1OC. The molecule has 1 aromatic carbocycles. The molecule has 1 N–H and O–H groups in total. The predicted molar refractivity (Wildman–Crippen MR) is 74.6 cm³/mol. The molecule has 1 saturated carbocycles. The van der Waals surface area contributed by atoms with E-state index in [2.05, 4.69) is 34.4 Å². The summed E-state index contributed by atoms with van der Waals surface area (Å²) in [7, 11) is 3.82. The first-order valence-electron chi connectivity index (χ1n) is 6.24. The van der Waals surface area contributed by atoms with E-state index in [1.165, 1.54) is 24.8 Å². The van der Waals surface area contributed by atoms with Gasteiger partial charge in [-0.3, -0.25) is 0 Å². The molecular weight excluding hydrogens is 278 g/mol. The molecule has 0 heterocycles. The van der Waals surface area contributed by atoms with Crippen LogP contribution in [-0.4, -0.2) is 20.2 Å². The number of halogens is 1. The van der Waals surface area contributed by atoms with Gasteiger partial charge in [-0.15, -0.1) is 0 Å². The molecule has 1 aromatic rings. The zero-order valence-corrected chi connectivity index (χ0v) is 12.1. The number of nitrogens with one attached hydrogen (secondary N) is 1. The lowest BCUT2D eigenvalue weighted by Crippen LogP contribution is -2.30. The smallest absolute Gasteiger partial charge is 0.122 e. The molecule has 0 bridgehead atoms. The third-order valence-corrected chi connectivity index (χ3v) is 4.25. The Hall–Kier alpha value is -0.540. The van der Waals surface area contributed by atoms with Crippen LogP contribution in [0.2, 0.25) is 0 Å². The van der Waals surface area contributed by atoms with Gasteiger partial charge in [-0.1, -0.05) is 22.4 Å². The monoisotopic (exact) mass is 297 g/mol. The third kappa shape index (κ3) is 3.02. The Morgan fingerprint density at radius 2 is 2.24 bits per heavy atom. The largest absolute Gasteiger partial charge is 0.496 e. The highest BCUT2D eigenvalue weighted by atomic mass is 79.9. The minimum Gasteiger partial charge on any atom is -0.496 e. The lowest BCUT2D eigenvalue weighted by atomic mass is 9.94. The first-order valence-corrected chi connectivity index (χ1v) is 7.03.